The fraction of sp³-hybridized carbons (Fsp3) is 0.600. The van der Waals surface area contributed by atoms with E-state index in [0.717, 1.165) is 17.0 Å². The number of carbonyl (C=O) groups excluding carboxylic acids is 2. The summed E-state index contributed by atoms with van der Waals surface area (Å²) in [6.45, 7) is 7.62. The largest absolute Gasteiger partial charge is 0.444 e. The molecule has 2 aliphatic rings. The zero-order chi connectivity index (χ0) is 20.9. The van der Waals surface area contributed by atoms with E-state index in [9.17, 15) is 9.59 Å². The molecule has 2 aromatic rings. The van der Waals surface area contributed by atoms with Crippen LogP contribution in [-0.4, -0.2) is 67.1 Å². The fourth-order valence-corrected chi connectivity index (χ4v) is 4.11. The predicted molar refractivity (Wildman–Crippen MR) is 105 cm³/mol. The average Bonchev–Trinajstić information content (AvgIpc) is 3.18. The summed E-state index contributed by atoms with van der Waals surface area (Å²) >= 11 is 0. The summed E-state index contributed by atoms with van der Waals surface area (Å²) in [5, 5.41) is 9.03. The topological polar surface area (TPSA) is 85.5 Å². The van der Waals surface area contributed by atoms with Crippen LogP contribution in [0.15, 0.2) is 12.3 Å². The lowest BCUT2D eigenvalue weighted by Crippen LogP contribution is -2.40. The number of carbonyl (C=O) groups is 2. The summed E-state index contributed by atoms with van der Waals surface area (Å²) in [5.74, 6) is 0.0375. The number of amides is 2. The van der Waals surface area contributed by atoms with Crippen LogP contribution in [0.1, 0.15) is 54.1 Å². The summed E-state index contributed by atoms with van der Waals surface area (Å²) in [4.78, 5) is 29.1. The van der Waals surface area contributed by atoms with Crippen molar-refractivity contribution in [2.75, 3.05) is 20.1 Å². The lowest BCUT2D eigenvalue weighted by atomic mass is 10.0. The average molecular weight is 400 g/mol. The van der Waals surface area contributed by atoms with Gasteiger partial charge in [0.15, 0.2) is 0 Å². The highest BCUT2D eigenvalue weighted by Crippen LogP contribution is 2.30. The first kappa shape index (κ1) is 19.5. The third-order valence-electron chi connectivity index (χ3n) is 5.47. The van der Waals surface area contributed by atoms with Crippen molar-refractivity contribution >= 4 is 12.0 Å². The molecule has 0 N–H and O–H groups in total. The van der Waals surface area contributed by atoms with E-state index in [4.69, 9.17) is 9.84 Å². The van der Waals surface area contributed by atoms with E-state index in [1.165, 1.54) is 0 Å². The molecule has 1 atom stereocenters. The minimum absolute atomic E-state index is 0.0607. The van der Waals surface area contributed by atoms with Gasteiger partial charge >= 0.3 is 6.09 Å². The molecule has 1 unspecified atom stereocenters. The van der Waals surface area contributed by atoms with Crippen molar-refractivity contribution in [3.8, 4) is 0 Å². The summed E-state index contributed by atoms with van der Waals surface area (Å²) < 4.78 is 9.19. The molecule has 9 heteroatoms. The Balaban J connectivity index is 1.65. The van der Waals surface area contributed by atoms with Crippen molar-refractivity contribution in [2.24, 2.45) is 7.05 Å². The van der Waals surface area contributed by atoms with Crippen LogP contribution in [0.25, 0.3) is 0 Å². The van der Waals surface area contributed by atoms with E-state index in [-0.39, 0.29) is 17.9 Å². The van der Waals surface area contributed by atoms with Crippen LogP contribution in [0, 0.1) is 0 Å². The maximum Gasteiger partial charge on any atom is 0.410 e. The minimum atomic E-state index is -0.556. The second-order valence-corrected chi connectivity index (χ2v) is 8.87. The van der Waals surface area contributed by atoms with Crippen molar-refractivity contribution < 1.29 is 14.3 Å². The van der Waals surface area contributed by atoms with E-state index in [0.29, 0.717) is 38.3 Å². The molecule has 4 rings (SSSR count). The molecule has 2 aliphatic heterocycles. The lowest BCUT2D eigenvalue weighted by Gasteiger charge is -2.30. The van der Waals surface area contributed by atoms with Crippen molar-refractivity contribution in [1.82, 2.24) is 29.4 Å². The Bertz CT molecular complexity index is 954. The van der Waals surface area contributed by atoms with Gasteiger partial charge in [0.2, 0.25) is 0 Å². The van der Waals surface area contributed by atoms with Gasteiger partial charge in [-0.2, -0.15) is 10.2 Å². The summed E-state index contributed by atoms with van der Waals surface area (Å²) in [7, 11) is 3.73. The van der Waals surface area contributed by atoms with Crippen LogP contribution >= 0.6 is 0 Å². The van der Waals surface area contributed by atoms with Crippen LogP contribution in [0.2, 0.25) is 0 Å². The van der Waals surface area contributed by atoms with Crippen LogP contribution in [-0.2, 0) is 31.3 Å². The molecule has 9 nitrogen and oxygen atoms in total. The van der Waals surface area contributed by atoms with Crippen LogP contribution in [0.4, 0.5) is 4.79 Å². The van der Waals surface area contributed by atoms with Gasteiger partial charge in [-0.3, -0.25) is 14.2 Å². The van der Waals surface area contributed by atoms with Gasteiger partial charge in [-0.25, -0.2) is 4.79 Å². The number of aromatic nitrogens is 4. The van der Waals surface area contributed by atoms with Crippen molar-refractivity contribution in [3.63, 3.8) is 0 Å². The highest BCUT2D eigenvalue weighted by Gasteiger charge is 2.36. The third-order valence-corrected chi connectivity index (χ3v) is 5.47. The maximum atomic E-state index is 13.2. The van der Waals surface area contributed by atoms with Crippen LogP contribution in [0.5, 0.6) is 0 Å². The van der Waals surface area contributed by atoms with Gasteiger partial charge in [0, 0.05) is 57.0 Å². The first-order valence-corrected chi connectivity index (χ1v) is 9.94. The van der Waals surface area contributed by atoms with Crippen molar-refractivity contribution in [1.29, 1.82) is 0 Å². The molecule has 0 saturated carbocycles. The monoisotopic (exact) mass is 400 g/mol. The number of nitrogens with zero attached hydrogens (tertiary/aromatic N) is 6. The molecule has 4 heterocycles. The highest BCUT2D eigenvalue weighted by molar-refractivity contribution is 5.94. The normalized spacial score (nSPS) is 19.6. The molecular weight excluding hydrogens is 372 g/mol. The van der Waals surface area contributed by atoms with Crippen LogP contribution in [0.3, 0.4) is 0 Å². The molecule has 29 heavy (non-hydrogen) atoms. The van der Waals surface area contributed by atoms with Crippen molar-refractivity contribution in [2.45, 2.75) is 51.8 Å². The summed E-state index contributed by atoms with van der Waals surface area (Å²) in [5.41, 5.74) is 2.83. The number of likely N-dealkylation sites (N-methyl/N-ethyl adjacent to an activating group) is 1. The van der Waals surface area contributed by atoms with Crippen LogP contribution < -0.4 is 0 Å². The Morgan fingerprint density at radius 1 is 1.24 bits per heavy atom. The molecule has 0 fully saturated rings. The highest BCUT2D eigenvalue weighted by atomic mass is 16.6. The molecular formula is C20H28N6O3. The predicted octanol–water partition coefficient (Wildman–Crippen LogP) is 1.78. The molecule has 0 spiro atoms. The number of aryl methyl sites for hydroxylation is 1. The van der Waals surface area contributed by atoms with Gasteiger partial charge in [-0.1, -0.05) is 0 Å². The molecule has 156 valence electrons. The Morgan fingerprint density at radius 2 is 2.00 bits per heavy atom. The second kappa shape index (κ2) is 6.89. The van der Waals surface area contributed by atoms with E-state index in [1.54, 1.807) is 16.0 Å². The number of hydrogen-bond donors (Lipinski definition) is 0. The zero-order valence-electron chi connectivity index (χ0n) is 17.7. The van der Waals surface area contributed by atoms with Gasteiger partial charge in [0.25, 0.3) is 5.91 Å². The van der Waals surface area contributed by atoms with Crippen molar-refractivity contribution in [3.05, 3.63) is 34.9 Å². The first-order valence-electron chi connectivity index (χ1n) is 9.94. The van der Waals surface area contributed by atoms with Gasteiger partial charge in [-0.05, 0) is 26.8 Å². The molecule has 0 bridgehead atoms. The van der Waals surface area contributed by atoms with Gasteiger partial charge in [0.1, 0.15) is 11.3 Å². The van der Waals surface area contributed by atoms with Gasteiger partial charge in [0.05, 0.1) is 18.8 Å². The SMILES string of the molecule is CN1CC(c2ccnn2C)Cn2nc3c(c2C1=O)CN(C(=O)OC(C)(C)C)CC3. The standard InChI is InChI=1S/C20H28N6O3/c1-20(2,3)29-19(28)25-9-7-15-14(12-25)17-18(27)23(4)10-13(11-26(17)22-15)16-6-8-21-24(16)5/h6,8,13H,7,9-12H2,1-5H3. The summed E-state index contributed by atoms with van der Waals surface area (Å²) in [6.07, 6.45) is 2.03. The number of rotatable bonds is 1. The Morgan fingerprint density at radius 3 is 2.66 bits per heavy atom. The van der Waals surface area contributed by atoms with E-state index in [2.05, 4.69) is 5.10 Å². The lowest BCUT2D eigenvalue weighted by molar-refractivity contribution is 0.0222. The molecule has 2 amide bonds. The quantitative estimate of drug-likeness (QED) is 0.728. The first-order chi connectivity index (χ1) is 13.6. The summed E-state index contributed by atoms with van der Waals surface area (Å²) in [6, 6.07) is 1.99. The Kier molecular flexibility index (Phi) is 4.63. The molecule has 0 aliphatic carbocycles. The fourth-order valence-electron chi connectivity index (χ4n) is 4.11. The molecule has 0 radical (unpaired) electrons. The maximum absolute atomic E-state index is 13.2. The smallest absolute Gasteiger partial charge is 0.410 e. The molecule has 0 aromatic carbocycles. The van der Waals surface area contributed by atoms with Gasteiger partial charge in [-0.15, -0.1) is 0 Å². The zero-order valence-corrected chi connectivity index (χ0v) is 17.7. The third kappa shape index (κ3) is 3.61. The Hall–Kier alpha value is -2.84. The van der Waals surface area contributed by atoms with E-state index >= 15 is 0 Å². The van der Waals surface area contributed by atoms with Gasteiger partial charge < -0.3 is 14.5 Å². The molecule has 0 saturated heterocycles. The second-order valence-electron chi connectivity index (χ2n) is 8.87. The number of fused-ring (bicyclic) bond motifs is 3. The van der Waals surface area contributed by atoms with E-state index in [1.807, 2.05) is 50.3 Å². The Labute approximate surface area is 170 Å². The number of ether oxygens (including phenoxy) is 1. The molecule has 2 aromatic heterocycles. The number of hydrogen-bond acceptors (Lipinski definition) is 5. The minimum Gasteiger partial charge on any atom is -0.444 e. The van der Waals surface area contributed by atoms with E-state index < -0.39 is 5.60 Å².